The molecular formula is C18H23FN8O. The number of halogens is 1. The fourth-order valence-electron chi connectivity index (χ4n) is 4.13. The maximum atomic E-state index is 14.4. The van der Waals surface area contributed by atoms with Crippen molar-refractivity contribution in [3.63, 3.8) is 0 Å². The van der Waals surface area contributed by atoms with Gasteiger partial charge in [0, 0.05) is 56.2 Å². The highest BCUT2D eigenvalue weighted by Gasteiger charge is 2.38. The fourth-order valence-corrected chi connectivity index (χ4v) is 4.13. The van der Waals surface area contributed by atoms with Crippen molar-refractivity contribution in [3.05, 3.63) is 18.0 Å². The van der Waals surface area contributed by atoms with Gasteiger partial charge < -0.3 is 25.6 Å². The van der Waals surface area contributed by atoms with Gasteiger partial charge in [0.2, 0.25) is 11.9 Å². The highest BCUT2D eigenvalue weighted by molar-refractivity contribution is 5.72. The zero-order chi connectivity index (χ0) is 19.1. The molecule has 0 aliphatic carbocycles. The third-order valence-electron chi connectivity index (χ3n) is 5.60. The van der Waals surface area contributed by atoms with Gasteiger partial charge in [0.1, 0.15) is 12.0 Å². The molecule has 0 bridgehead atoms. The summed E-state index contributed by atoms with van der Waals surface area (Å²) >= 11 is 0. The summed E-state index contributed by atoms with van der Waals surface area (Å²) in [4.78, 5) is 22.2. The van der Waals surface area contributed by atoms with Crippen LogP contribution in [0, 0.1) is 0 Å². The van der Waals surface area contributed by atoms with E-state index in [4.69, 9.17) is 20.4 Å². The van der Waals surface area contributed by atoms with Crippen molar-refractivity contribution in [2.75, 3.05) is 61.5 Å². The summed E-state index contributed by atoms with van der Waals surface area (Å²) in [5.41, 5.74) is 8.27. The van der Waals surface area contributed by atoms with Crippen LogP contribution in [0.5, 0.6) is 0 Å². The molecule has 3 aliphatic heterocycles. The van der Waals surface area contributed by atoms with Crippen molar-refractivity contribution in [2.24, 2.45) is 0 Å². The minimum Gasteiger partial charge on any atom is -0.378 e. The predicted octanol–water partition coefficient (Wildman–Crippen LogP) is 0.0248. The van der Waals surface area contributed by atoms with Crippen molar-refractivity contribution in [2.45, 2.75) is 18.6 Å². The molecule has 0 radical (unpaired) electrons. The molecule has 10 heteroatoms. The zero-order valence-electron chi connectivity index (χ0n) is 15.5. The largest absolute Gasteiger partial charge is 0.378 e. The molecule has 0 spiro atoms. The molecule has 2 aromatic heterocycles. The number of fused-ring (bicyclic) bond motifs is 1. The number of hydrogen-bond acceptors (Lipinski definition) is 9. The molecule has 2 fully saturated rings. The molecule has 0 saturated carbocycles. The third-order valence-corrected chi connectivity index (χ3v) is 5.60. The molecule has 28 heavy (non-hydrogen) atoms. The number of alkyl halides is 1. The van der Waals surface area contributed by atoms with Gasteiger partial charge >= 0.3 is 0 Å². The maximum absolute atomic E-state index is 14.4. The molecule has 5 rings (SSSR count). The van der Waals surface area contributed by atoms with Gasteiger partial charge in [0.05, 0.1) is 24.9 Å². The first-order chi connectivity index (χ1) is 13.7. The lowest BCUT2D eigenvalue weighted by Crippen LogP contribution is -2.42. The van der Waals surface area contributed by atoms with Crippen LogP contribution in [-0.2, 0) is 11.2 Å². The Bertz CT molecular complexity index is 857. The summed E-state index contributed by atoms with van der Waals surface area (Å²) in [6.07, 6.45) is 3.23. The van der Waals surface area contributed by atoms with E-state index in [1.165, 1.54) is 0 Å². The van der Waals surface area contributed by atoms with Crippen LogP contribution in [0.2, 0.25) is 0 Å². The number of anilines is 3. The molecule has 3 N–H and O–H groups in total. The number of ether oxygens (including phenoxy) is 1. The van der Waals surface area contributed by atoms with Gasteiger partial charge in [-0.3, -0.25) is 0 Å². The minimum atomic E-state index is -0.906. The second-order valence-corrected chi connectivity index (χ2v) is 7.29. The lowest BCUT2D eigenvalue weighted by molar-refractivity contribution is 0.122. The average Bonchev–Trinajstić information content (AvgIpc) is 3.34. The van der Waals surface area contributed by atoms with Crippen LogP contribution in [0.4, 0.5) is 22.1 Å². The number of nitrogens with zero attached hydrogens (tertiary/aromatic N) is 6. The number of morpholine rings is 1. The Morgan fingerprint density at radius 1 is 1.11 bits per heavy atom. The number of hydrogen-bond donors (Lipinski definition) is 2. The van der Waals surface area contributed by atoms with Gasteiger partial charge in [0.15, 0.2) is 0 Å². The lowest BCUT2D eigenvalue weighted by atomic mass is 10.1. The average molecular weight is 386 g/mol. The fraction of sp³-hybridized carbons (Fsp3) is 0.556. The SMILES string of the molecule is Nc1ncc(-c2nc(N3CCOCC3)nc3c2CCN3[C@H]2CNC[C@H]2F)cn1. The van der Waals surface area contributed by atoms with Crippen LogP contribution >= 0.6 is 0 Å². The van der Waals surface area contributed by atoms with E-state index < -0.39 is 6.17 Å². The van der Waals surface area contributed by atoms with Gasteiger partial charge in [0.25, 0.3) is 0 Å². The van der Waals surface area contributed by atoms with Gasteiger partial charge in [-0.15, -0.1) is 0 Å². The summed E-state index contributed by atoms with van der Waals surface area (Å²) < 4.78 is 19.9. The molecule has 2 saturated heterocycles. The maximum Gasteiger partial charge on any atom is 0.228 e. The number of nitrogens with one attached hydrogen (secondary N) is 1. The Balaban J connectivity index is 1.60. The second kappa shape index (κ2) is 7.10. The van der Waals surface area contributed by atoms with Gasteiger partial charge in [-0.1, -0.05) is 0 Å². The summed E-state index contributed by atoms with van der Waals surface area (Å²) in [5.74, 6) is 1.68. The molecule has 3 aliphatic rings. The standard InChI is InChI=1S/C18H23FN8O/c19-13-9-21-10-14(13)27-2-1-12-15(11-7-22-17(20)23-8-11)24-18(25-16(12)27)26-3-5-28-6-4-26/h7-8,13-14,21H,1-6,9-10H2,(H2,20,22,23)/t13-,14+/m1/s1. The molecule has 0 amide bonds. The predicted molar refractivity (Wildman–Crippen MR) is 103 cm³/mol. The van der Waals surface area contributed by atoms with Crippen molar-refractivity contribution in [1.29, 1.82) is 0 Å². The molecular weight excluding hydrogens is 363 g/mol. The normalized spacial score (nSPS) is 24.6. The van der Waals surface area contributed by atoms with Crippen LogP contribution in [0.1, 0.15) is 5.56 Å². The summed E-state index contributed by atoms with van der Waals surface area (Å²) in [6, 6.07) is -0.204. The summed E-state index contributed by atoms with van der Waals surface area (Å²) in [5, 5.41) is 3.14. The van der Waals surface area contributed by atoms with E-state index in [-0.39, 0.29) is 12.0 Å². The lowest BCUT2D eigenvalue weighted by Gasteiger charge is -2.30. The van der Waals surface area contributed by atoms with Crippen LogP contribution in [0.3, 0.4) is 0 Å². The van der Waals surface area contributed by atoms with E-state index in [1.54, 1.807) is 12.4 Å². The van der Waals surface area contributed by atoms with Crippen molar-refractivity contribution < 1.29 is 9.13 Å². The van der Waals surface area contributed by atoms with E-state index in [9.17, 15) is 4.39 Å². The summed E-state index contributed by atoms with van der Waals surface area (Å²) in [6.45, 7) is 4.48. The van der Waals surface area contributed by atoms with Gasteiger partial charge in [-0.05, 0) is 6.42 Å². The Morgan fingerprint density at radius 3 is 2.61 bits per heavy atom. The highest BCUT2D eigenvalue weighted by Crippen LogP contribution is 2.37. The molecule has 2 aromatic rings. The Morgan fingerprint density at radius 2 is 1.89 bits per heavy atom. The first-order valence-electron chi connectivity index (χ1n) is 9.63. The smallest absolute Gasteiger partial charge is 0.228 e. The van der Waals surface area contributed by atoms with E-state index in [1.807, 2.05) is 0 Å². The van der Waals surface area contributed by atoms with E-state index in [0.717, 1.165) is 48.7 Å². The quantitative estimate of drug-likeness (QED) is 0.755. The topological polar surface area (TPSA) is 105 Å². The molecule has 5 heterocycles. The first kappa shape index (κ1) is 17.5. The molecule has 148 valence electrons. The Labute approximate surface area is 162 Å². The van der Waals surface area contributed by atoms with Gasteiger partial charge in [-0.2, -0.15) is 4.98 Å². The van der Waals surface area contributed by atoms with E-state index in [0.29, 0.717) is 32.3 Å². The van der Waals surface area contributed by atoms with Crippen LogP contribution in [0.25, 0.3) is 11.3 Å². The van der Waals surface area contributed by atoms with E-state index >= 15 is 0 Å². The first-order valence-corrected chi connectivity index (χ1v) is 9.63. The number of aromatic nitrogens is 4. The van der Waals surface area contributed by atoms with Crippen molar-refractivity contribution in [1.82, 2.24) is 25.3 Å². The molecule has 2 atom stereocenters. The molecule has 9 nitrogen and oxygen atoms in total. The second-order valence-electron chi connectivity index (χ2n) is 7.29. The molecule has 0 unspecified atom stereocenters. The number of rotatable bonds is 3. The van der Waals surface area contributed by atoms with E-state index in [2.05, 4.69) is 25.1 Å². The monoisotopic (exact) mass is 386 g/mol. The Kier molecular flexibility index (Phi) is 4.44. The van der Waals surface area contributed by atoms with Gasteiger partial charge in [-0.25, -0.2) is 19.3 Å². The molecule has 0 aromatic carbocycles. The number of nitrogens with two attached hydrogens (primary N) is 1. The minimum absolute atomic E-state index is 0.204. The number of nitrogen functional groups attached to an aromatic ring is 1. The van der Waals surface area contributed by atoms with Crippen LogP contribution < -0.4 is 20.9 Å². The van der Waals surface area contributed by atoms with Crippen molar-refractivity contribution >= 4 is 17.7 Å². The third kappa shape index (κ3) is 3.02. The zero-order valence-corrected chi connectivity index (χ0v) is 15.5. The van der Waals surface area contributed by atoms with Crippen molar-refractivity contribution in [3.8, 4) is 11.3 Å². The van der Waals surface area contributed by atoms with Crippen LogP contribution in [-0.4, -0.2) is 78.1 Å². The highest BCUT2D eigenvalue weighted by atomic mass is 19.1. The Hall–Kier alpha value is -2.59. The van der Waals surface area contributed by atoms with Crippen LogP contribution in [0.15, 0.2) is 12.4 Å². The summed E-state index contributed by atoms with van der Waals surface area (Å²) in [7, 11) is 0.